The molecule has 13 nitrogen and oxygen atoms in total. The van der Waals surface area contributed by atoms with E-state index in [4.69, 9.17) is 0 Å². The normalized spacial score (nSPS) is 21.6. The highest BCUT2D eigenvalue weighted by molar-refractivity contribution is 9.11. The second-order valence-electron chi connectivity index (χ2n) is 16.3. The van der Waals surface area contributed by atoms with Crippen LogP contribution >= 0.6 is 27.3 Å². The second-order valence-corrected chi connectivity index (χ2v) is 21.0. The molecule has 0 bridgehead atoms. The molecule has 4 N–H and O–H groups in total. The number of likely N-dealkylation sites (N-methyl/N-ethyl adjacent to an activating group) is 1. The molecule has 5 amide bonds. The first-order chi connectivity index (χ1) is 23.4. The lowest BCUT2D eigenvalue weighted by atomic mass is 9.85. The molecule has 0 spiro atoms. The fourth-order valence-corrected chi connectivity index (χ4v) is 10.1. The van der Waals surface area contributed by atoms with Crippen LogP contribution in [0.1, 0.15) is 75.2 Å². The van der Waals surface area contributed by atoms with E-state index in [1.54, 1.807) is 6.07 Å². The van der Waals surface area contributed by atoms with E-state index in [9.17, 15) is 32.4 Å². The topological polar surface area (TPSA) is 174 Å². The fourth-order valence-electron chi connectivity index (χ4n) is 6.66. The molecule has 1 aromatic heterocycles. The van der Waals surface area contributed by atoms with E-state index in [0.29, 0.717) is 16.8 Å². The van der Waals surface area contributed by atoms with Crippen molar-refractivity contribution in [1.29, 1.82) is 0 Å². The van der Waals surface area contributed by atoms with Crippen molar-refractivity contribution in [3.05, 3.63) is 28.6 Å². The first-order valence-electron chi connectivity index (χ1n) is 17.2. The summed E-state index contributed by atoms with van der Waals surface area (Å²) in [6, 6.07) is -1.15. The Bertz CT molecular complexity index is 1610. The van der Waals surface area contributed by atoms with Crippen LogP contribution < -0.4 is 21.3 Å². The van der Waals surface area contributed by atoms with Crippen LogP contribution in [0.2, 0.25) is 0 Å². The van der Waals surface area contributed by atoms with Crippen LogP contribution in [-0.4, -0.2) is 98.0 Å². The highest BCUT2D eigenvalue weighted by Gasteiger charge is 2.70. The molecule has 2 heterocycles. The molecule has 1 saturated carbocycles. The molecule has 1 aromatic rings. The summed E-state index contributed by atoms with van der Waals surface area (Å²) in [5.41, 5.74) is -1.58. The number of fused-ring (bicyclic) bond motifs is 1. The van der Waals surface area contributed by atoms with E-state index < -0.39 is 74.6 Å². The standard InChI is InChI=1S/C35H55BrN6O7S2/c1-12-14-21(27(43)30(45)37-17-13-2)38-29(44)26-25-20(35(25,9)10)18-42(26)31(46)28(34(6,7)8)40-32(47)39-22(33(3,4)5)19-41(11)51(48,49)24-16-15-23(36)50-24/h13,15-16,20-22,25-26,28H,2,12,14,17-19H2,1,3-11H3,(H,37,45)(H,38,44)(H2,39,40,47)/t20-,21?,22+,25-,26-,28+/m0/s1. The van der Waals surface area contributed by atoms with Gasteiger partial charge in [-0.25, -0.2) is 13.2 Å². The third-order valence-corrected chi connectivity index (χ3v) is 13.9. The zero-order valence-electron chi connectivity index (χ0n) is 31.4. The number of Topliss-reactive ketones (excluding diaryl/α,β-unsaturated/α-hetero) is 1. The molecule has 286 valence electrons. The summed E-state index contributed by atoms with van der Waals surface area (Å²) in [5.74, 6) is -2.69. The van der Waals surface area contributed by atoms with Gasteiger partial charge in [0.05, 0.1) is 9.83 Å². The lowest BCUT2D eigenvalue weighted by Gasteiger charge is -2.39. The van der Waals surface area contributed by atoms with Crippen molar-refractivity contribution in [3.63, 3.8) is 0 Å². The summed E-state index contributed by atoms with van der Waals surface area (Å²) >= 11 is 4.40. The largest absolute Gasteiger partial charge is 0.346 e. The number of nitrogens with one attached hydrogen (secondary N) is 4. The number of piperidine rings is 1. The van der Waals surface area contributed by atoms with E-state index in [2.05, 4.69) is 43.8 Å². The molecule has 1 unspecified atom stereocenters. The SMILES string of the molecule is C=CCNC(=O)C(=O)C(CCC)NC(=O)[C@@H]1[C@@H]2[C@H](CN1C(=O)[C@@H](NC(=O)N[C@H](CN(C)S(=O)(=O)c1ccc(Br)s1)C(C)(C)C)C(C)(C)C)C2(C)C. The van der Waals surface area contributed by atoms with Crippen LogP contribution in [0.5, 0.6) is 0 Å². The predicted molar refractivity (Wildman–Crippen MR) is 201 cm³/mol. The van der Waals surface area contributed by atoms with Crippen LogP contribution in [0.15, 0.2) is 32.8 Å². The van der Waals surface area contributed by atoms with Gasteiger partial charge in [-0.2, -0.15) is 4.31 Å². The lowest BCUT2D eigenvalue weighted by Crippen LogP contribution is -2.62. The first-order valence-corrected chi connectivity index (χ1v) is 20.3. The van der Waals surface area contributed by atoms with Crippen LogP contribution in [0.4, 0.5) is 4.79 Å². The Morgan fingerprint density at radius 1 is 1.08 bits per heavy atom. The fraction of sp³-hybridized carbons (Fsp3) is 0.686. The quantitative estimate of drug-likeness (QED) is 0.154. The molecular weight excluding hydrogens is 760 g/mol. The molecule has 1 saturated heterocycles. The lowest BCUT2D eigenvalue weighted by molar-refractivity contribution is -0.145. The van der Waals surface area contributed by atoms with Crippen LogP contribution in [0.3, 0.4) is 0 Å². The van der Waals surface area contributed by atoms with Crippen molar-refractivity contribution in [3.8, 4) is 0 Å². The van der Waals surface area contributed by atoms with E-state index in [1.165, 1.54) is 28.4 Å². The van der Waals surface area contributed by atoms with Crippen LogP contribution in [0, 0.1) is 28.1 Å². The maximum Gasteiger partial charge on any atom is 0.315 e. The van der Waals surface area contributed by atoms with Gasteiger partial charge in [0.15, 0.2) is 0 Å². The monoisotopic (exact) mass is 814 g/mol. The number of hydrogen-bond donors (Lipinski definition) is 4. The van der Waals surface area contributed by atoms with Crippen molar-refractivity contribution in [2.24, 2.45) is 28.1 Å². The molecule has 0 radical (unpaired) electrons. The molecule has 16 heteroatoms. The smallest absolute Gasteiger partial charge is 0.315 e. The van der Waals surface area contributed by atoms with Crippen LogP contribution in [-0.2, 0) is 29.2 Å². The molecule has 0 aromatic carbocycles. The van der Waals surface area contributed by atoms with E-state index >= 15 is 0 Å². The zero-order valence-corrected chi connectivity index (χ0v) is 34.6. The highest BCUT2D eigenvalue weighted by atomic mass is 79.9. The zero-order chi connectivity index (χ0) is 38.9. The summed E-state index contributed by atoms with van der Waals surface area (Å²) in [4.78, 5) is 69.1. The number of sulfonamides is 1. The van der Waals surface area contributed by atoms with Crippen molar-refractivity contribution in [1.82, 2.24) is 30.5 Å². The number of nitrogens with zero attached hydrogens (tertiary/aromatic N) is 2. The maximum absolute atomic E-state index is 14.4. The number of carbonyl (C=O) groups excluding carboxylic acids is 5. The Balaban J connectivity index is 1.83. The van der Waals surface area contributed by atoms with Gasteiger partial charge in [-0.15, -0.1) is 17.9 Å². The minimum atomic E-state index is -3.83. The number of hydrogen-bond acceptors (Lipinski definition) is 8. The molecule has 1 aliphatic heterocycles. The van der Waals surface area contributed by atoms with Crippen LogP contribution in [0.25, 0.3) is 0 Å². The number of thiophene rings is 1. The Hall–Kier alpha value is -2.82. The summed E-state index contributed by atoms with van der Waals surface area (Å²) in [6.45, 7) is 20.9. The van der Waals surface area contributed by atoms with E-state index in [0.717, 1.165) is 11.3 Å². The summed E-state index contributed by atoms with van der Waals surface area (Å²) in [5, 5.41) is 11.0. The average Bonchev–Trinajstić information content (AvgIpc) is 3.38. The molecule has 2 fully saturated rings. The molecular formula is C35H55BrN6O7S2. The first kappa shape index (κ1) is 42.6. The number of halogens is 1. The number of carbonyl (C=O) groups is 5. The van der Waals surface area contributed by atoms with Gasteiger partial charge in [0.1, 0.15) is 16.3 Å². The minimum Gasteiger partial charge on any atom is -0.346 e. The minimum absolute atomic E-state index is 0.0288. The number of likely N-dealkylation sites (tertiary alicyclic amines) is 1. The molecule has 51 heavy (non-hydrogen) atoms. The van der Waals surface area contributed by atoms with Gasteiger partial charge in [0.2, 0.25) is 17.6 Å². The highest BCUT2D eigenvalue weighted by Crippen LogP contribution is 2.65. The second kappa shape index (κ2) is 16.0. The third-order valence-electron chi connectivity index (χ3n) is 9.99. The Morgan fingerprint density at radius 2 is 1.71 bits per heavy atom. The van der Waals surface area contributed by atoms with Gasteiger partial charge in [0, 0.05) is 32.7 Å². The predicted octanol–water partition coefficient (Wildman–Crippen LogP) is 3.90. The van der Waals surface area contributed by atoms with Gasteiger partial charge < -0.3 is 26.2 Å². The number of amides is 5. The van der Waals surface area contributed by atoms with Gasteiger partial charge in [0.25, 0.3) is 15.9 Å². The Kier molecular flexibility index (Phi) is 13.4. The number of urea groups is 1. The summed E-state index contributed by atoms with van der Waals surface area (Å²) in [7, 11) is -2.37. The summed E-state index contributed by atoms with van der Waals surface area (Å²) in [6.07, 6.45) is 2.23. The molecule has 1 aliphatic carbocycles. The Morgan fingerprint density at radius 3 is 2.22 bits per heavy atom. The van der Waals surface area contributed by atoms with Crippen molar-refractivity contribution in [2.75, 3.05) is 26.7 Å². The van der Waals surface area contributed by atoms with Gasteiger partial charge >= 0.3 is 6.03 Å². The van der Waals surface area contributed by atoms with Gasteiger partial charge in [-0.05, 0) is 62.6 Å². The summed E-state index contributed by atoms with van der Waals surface area (Å²) < 4.78 is 28.6. The molecule has 3 rings (SSSR count). The van der Waals surface area contributed by atoms with Gasteiger partial charge in [-0.3, -0.25) is 19.2 Å². The Labute approximate surface area is 315 Å². The van der Waals surface area contributed by atoms with Crippen molar-refractivity contribution in [2.45, 2.75) is 104 Å². The number of rotatable bonds is 15. The molecule has 2 aliphatic rings. The van der Waals surface area contributed by atoms with Crippen molar-refractivity contribution < 1.29 is 32.4 Å². The van der Waals surface area contributed by atoms with E-state index in [-0.39, 0.29) is 41.0 Å². The van der Waals surface area contributed by atoms with E-state index in [1.807, 2.05) is 62.3 Å². The average molecular weight is 816 g/mol. The number of ketones is 1. The molecule has 6 atom stereocenters. The third kappa shape index (κ3) is 9.79. The van der Waals surface area contributed by atoms with Gasteiger partial charge in [-0.1, -0.05) is 74.8 Å². The maximum atomic E-state index is 14.4. The van der Waals surface area contributed by atoms with Crippen molar-refractivity contribution >= 4 is 66.8 Å².